The molecule has 1 N–H and O–H groups in total. The van der Waals surface area contributed by atoms with Crippen molar-refractivity contribution in [1.82, 2.24) is 9.80 Å². The largest absolute Gasteiger partial charge is 0.489 e. The molecule has 2 fully saturated rings. The summed E-state index contributed by atoms with van der Waals surface area (Å²) in [4.78, 5) is 31.0. The number of rotatable bonds is 9. The van der Waals surface area contributed by atoms with Crippen molar-refractivity contribution < 1.29 is 19.4 Å². The lowest BCUT2D eigenvalue weighted by atomic mass is 9.86. The Morgan fingerprint density at radius 1 is 1.16 bits per heavy atom. The molecule has 0 spiro atoms. The van der Waals surface area contributed by atoms with Gasteiger partial charge < -0.3 is 19.6 Å². The van der Waals surface area contributed by atoms with Crippen molar-refractivity contribution in [3.05, 3.63) is 42.5 Å². The summed E-state index contributed by atoms with van der Waals surface area (Å²) >= 11 is 0. The zero-order valence-corrected chi connectivity index (χ0v) is 19.7. The highest BCUT2D eigenvalue weighted by Crippen LogP contribution is 2.40. The fourth-order valence-corrected chi connectivity index (χ4v) is 5.22. The van der Waals surface area contributed by atoms with Gasteiger partial charge >= 0.3 is 0 Å². The van der Waals surface area contributed by atoms with Crippen LogP contribution in [0.3, 0.4) is 0 Å². The zero-order chi connectivity index (χ0) is 23.3. The van der Waals surface area contributed by atoms with Gasteiger partial charge in [-0.05, 0) is 24.8 Å². The van der Waals surface area contributed by atoms with E-state index in [9.17, 15) is 14.7 Å². The summed E-state index contributed by atoms with van der Waals surface area (Å²) in [6.45, 7) is 9.97. The van der Waals surface area contributed by atoms with Gasteiger partial charge in [0.25, 0.3) is 0 Å². The van der Waals surface area contributed by atoms with E-state index in [4.69, 9.17) is 4.74 Å². The van der Waals surface area contributed by atoms with Crippen molar-refractivity contribution in [2.45, 2.75) is 71.0 Å². The van der Waals surface area contributed by atoms with E-state index in [1.54, 1.807) is 11.0 Å². The fraction of sp³-hybridized carbons (Fsp3) is 0.615. The number of para-hydroxylation sites is 1. The molecule has 6 nitrogen and oxygen atoms in total. The minimum Gasteiger partial charge on any atom is -0.489 e. The number of nitrogens with zero attached hydrogens (tertiary/aromatic N) is 2. The number of aliphatic hydroxyl groups excluding tert-OH is 1. The van der Waals surface area contributed by atoms with Gasteiger partial charge in [-0.25, -0.2) is 0 Å². The number of hydrogen-bond acceptors (Lipinski definition) is 4. The SMILES string of the molecule is C=CCOc1ccccc1[C@H]([C@H](C)CO)N1C(=O)CN(C2CCCCC2)C(=O)[C@H]1C(C)C. The number of carbonyl (C=O) groups is 2. The summed E-state index contributed by atoms with van der Waals surface area (Å²) < 4.78 is 5.89. The third-order valence-electron chi connectivity index (χ3n) is 6.80. The van der Waals surface area contributed by atoms with Gasteiger partial charge in [-0.2, -0.15) is 0 Å². The second-order valence-corrected chi connectivity index (χ2v) is 9.49. The van der Waals surface area contributed by atoms with Crippen molar-refractivity contribution in [3.63, 3.8) is 0 Å². The Labute approximate surface area is 192 Å². The van der Waals surface area contributed by atoms with E-state index >= 15 is 0 Å². The van der Waals surface area contributed by atoms with Gasteiger partial charge in [-0.3, -0.25) is 9.59 Å². The maximum atomic E-state index is 13.8. The topological polar surface area (TPSA) is 70.1 Å². The van der Waals surface area contributed by atoms with Crippen LogP contribution in [-0.4, -0.2) is 58.6 Å². The van der Waals surface area contributed by atoms with Crippen molar-refractivity contribution in [1.29, 1.82) is 0 Å². The number of carbonyl (C=O) groups excluding carboxylic acids is 2. The summed E-state index contributed by atoms with van der Waals surface area (Å²) in [5.74, 6) is 0.314. The van der Waals surface area contributed by atoms with Crippen molar-refractivity contribution in [2.75, 3.05) is 19.8 Å². The third kappa shape index (κ3) is 5.01. The number of piperazine rings is 1. The molecule has 0 aromatic heterocycles. The van der Waals surface area contributed by atoms with Crippen LogP contribution in [0.15, 0.2) is 36.9 Å². The quantitative estimate of drug-likeness (QED) is 0.588. The highest BCUT2D eigenvalue weighted by Gasteiger charge is 2.47. The van der Waals surface area contributed by atoms with Gasteiger partial charge in [0.05, 0.1) is 6.04 Å². The summed E-state index contributed by atoms with van der Waals surface area (Å²) in [7, 11) is 0. The minimum atomic E-state index is -0.565. The lowest BCUT2D eigenvalue weighted by Gasteiger charge is -2.49. The van der Waals surface area contributed by atoms with Crippen LogP contribution in [0.4, 0.5) is 0 Å². The van der Waals surface area contributed by atoms with Crippen LogP contribution in [0, 0.1) is 11.8 Å². The second kappa shape index (κ2) is 11.0. The first-order chi connectivity index (χ1) is 15.4. The maximum absolute atomic E-state index is 13.8. The average molecular weight is 443 g/mol. The van der Waals surface area contributed by atoms with Crippen LogP contribution >= 0.6 is 0 Å². The first-order valence-electron chi connectivity index (χ1n) is 12.0. The van der Waals surface area contributed by atoms with Crippen LogP contribution in [-0.2, 0) is 9.59 Å². The van der Waals surface area contributed by atoms with Gasteiger partial charge in [-0.15, -0.1) is 0 Å². The predicted octanol–water partition coefficient (Wildman–Crippen LogP) is 3.95. The lowest BCUT2D eigenvalue weighted by Crippen LogP contribution is -2.65. The van der Waals surface area contributed by atoms with Crippen molar-refractivity contribution in [2.24, 2.45) is 11.8 Å². The van der Waals surface area contributed by atoms with E-state index in [-0.39, 0.29) is 42.8 Å². The molecule has 1 aromatic carbocycles. The normalized spacial score (nSPS) is 22.2. The number of amides is 2. The number of benzene rings is 1. The molecule has 1 saturated heterocycles. The summed E-state index contributed by atoms with van der Waals surface area (Å²) in [5, 5.41) is 10.1. The molecule has 0 radical (unpaired) electrons. The Bertz CT molecular complexity index is 803. The van der Waals surface area contributed by atoms with Gasteiger partial charge in [0.2, 0.25) is 11.8 Å². The molecule has 2 aliphatic rings. The maximum Gasteiger partial charge on any atom is 0.246 e. The smallest absolute Gasteiger partial charge is 0.246 e. The molecule has 32 heavy (non-hydrogen) atoms. The molecule has 3 atom stereocenters. The predicted molar refractivity (Wildman–Crippen MR) is 125 cm³/mol. The Morgan fingerprint density at radius 3 is 2.47 bits per heavy atom. The molecule has 2 amide bonds. The second-order valence-electron chi connectivity index (χ2n) is 9.49. The first-order valence-corrected chi connectivity index (χ1v) is 12.0. The molecule has 176 valence electrons. The molecule has 0 bridgehead atoms. The standard InChI is InChI=1S/C26H38N2O4/c1-5-15-32-22-14-10-9-13-21(22)25(19(4)17-29)28-23(30)16-27(20-11-7-6-8-12-20)26(31)24(28)18(2)3/h5,9-10,13-14,18-20,24-25,29H,1,6-8,11-12,15-17H2,2-4H3/t19-,24-,25+/m1/s1. The highest BCUT2D eigenvalue weighted by molar-refractivity contribution is 5.95. The van der Waals surface area contributed by atoms with E-state index in [0.717, 1.165) is 31.2 Å². The molecule has 1 aliphatic carbocycles. The summed E-state index contributed by atoms with van der Waals surface area (Å²) in [6, 6.07) is 6.71. The molecule has 6 heteroatoms. The molecule has 1 saturated carbocycles. The molecule has 3 rings (SSSR count). The van der Waals surface area contributed by atoms with Gasteiger partial charge in [0.1, 0.15) is 24.9 Å². The van der Waals surface area contributed by atoms with Crippen LogP contribution < -0.4 is 4.74 Å². The van der Waals surface area contributed by atoms with E-state index in [1.165, 1.54) is 6.42 Å². The number of hydrogen-bond donors (Lipinski definition) is 1. The van der Waals surface area contributed by atoms with Gasteiger partial charge in [-0.1, -0.05) is 70.9 Å². The minimum absolute atomic E-state index is 0.0335. The lowest BCUT2D eigenvalue weighted by molar-refractivity contribution is -0.165. The fourth-order valence-electron chi connectivity index (χ4n) is 5.22. The third-order valence-corrected chi connectivity index (χ3v) is 6.80. The molecule has 1 aliphatic heterocycles. The summed E-state index contributed by atoms with van der Waals surface area (Å²) in [5.41, 5.74) is 0.814. The van der Waals surface area contributed by atoms with E-state index < -0.39 is 12.1 Å². The Kier molecular flexibility index (Phi) is 8.35. The highest BCUT2D eigenvalue weighted by atomic mass is 16.5. The van der Waals surface area contributed by atoms with Gasteiger partial charge in [0, 0.05) is 24.1 Å². The van der Waals surface area contributed by atoms with Crippen LogP contribution in [0.2, 0.25) is 0 Å². The average Bonchev–Trinajstić information content (AvgIpc) is 2.80. The monoisotopic (exact) mass is 442 g/mol. The van der Waals surface area contributed by atoms with Crippen LogP contribution in [0.25, 0.3) is 0 Å². The van der Waals surface area contributed by atoms with Gasteiger partial charge in [0.15, 0.2) is 0 Å². The molecular formula is C26H38N2O4. The Hall–Kier alpha value is -2.34. The molecule has 1 aromatic rings. The van der Waals surface area contributed by atoms with E-state index in [1.807, 2.05) is 49.9 Å². The van der Waals surface area contributed by atoms with Crippen LogP contribution in [0.5, 0.6) is 5.75 Å². The molecule has 1 heterocycles. The first kappa shape index (κ1) is 24.3. The Balaban J connectivity index is 2.01. The molecular weight excluding hydrogens is 404 g/mol. The zero-order valence-electron chi connectivity index (χ0n) is 19.7. The van der Waals surface area contributed by atoms with E-state index in [0.29, 0.717) is 12.4 Å². The Morgan fingerprint density at radius 2 is 1.84 bits per heavy atom. The van der Waals surface area contributed by atoms with Crippen LogP contribution in [0.1, 0.15) is 64.5 Å². The summed E-state index contributed by atoms with van der Waals surface area (Å²) in [6.07, 6.45) is 7.03. The van der Waals surface area contributed by atoms with Crippen molar-refractivity contribution in [3.8, 4) is 5.75 Å². The van der Waals surface area contributed by atoms with Crippen molar-refractivity contribution >= 4 is 11.8 Å². The number of aliphatic hydroxyl groups is 1. The molecule has 0 unspecified atom stereocenters. The number of ether oxygens (including phenoxy) is 1. The van der Waals surface area contributed by atoms with E-state index in [2.05, 4.69) is 6.58 Å².